The Morgan fingerprint density at radius 1 is 1.00 bits per heavy atom. The summed E-state index contributed by atoms with van der Waals surface area (Å²) in [7, 11) is 0. The first-order valence-electron chi connectivity index (χ1n) is 15.9. The summed E-state index contributed by atoms with van der Waals surface area (Å²) in [5, 5.41) is 23.9. The predicted molar refractivity (Wildman–Crippen MR) is 176 cm³/mol. The number of nitrogens with one attached hydrogen (secondary N) is 2. The van der Waals surface area contributed by atoms with Gasteiger partial charge < -0.3 is 15.4 Å². The van der Waals surface area contributed by atoms with Crippen LogP contribution >= 0.6 is 0 Å². The molecule has 0 atom stereocenters. The second-order valence-electron chi connectivity index (χ2n) is 14.1. The van der Waals surface area contributed by atoms with Gasteiger partial charge in [-0.05, 0) is 62.6 Å². The van der Waals surface area contributed by atoms with Gasteiger partial charge in [-0.2, -0.15) is 5.10 Å². The Labute approximate surface area is 274 Å². The number of tetrazole rings is 1. The van der Waals surface area contributed by atoms with Crippen molar-refractivity contribution in [3.63, 3.8) is 0 Å². The zero-order valence-electron chi connectivity index (χ0n) is 27.8. The molecular formula is C34H42N8O5. The Morgan fingerprint density at radius 2 is 1.74 bits per heavy atom. The second kappa shape index (κ2) is 13.4. The molecule has 0 unspecified atom stereocenters. The number of esters is 1. The maximum atomic E-state index is 13.4. The first-order valence-corrected chi connectivity index (χ1v) is 15.9. The second-order valence-corrected chi connectivity index (χ2v) is 14.1. The molecule has 47 heavy (non-hydrogen) atoms. The highest BCUT2D eigenvalue weighted by molar-refractivity contribution is 6.11. The Hall–Kier alpha value is -4.94. The van der Waals surface area contributed by atoms with Crippen molar-refractivity contribution in [3.8, 4) is 11.4 Å². The number of rotatable bonds is 9. The molecule has 3 aromatic rings. The van der Waals surface area contributed by atoms with Gasteiger partial charge in [0.25, 0.3) is 0 Å². The van der Waals surface area contributed by atoms with Crippen LogP contribution in [0.5, 0.6) is 0 Å². The molecule has 2 aliphatic rings. The van der Waals surface area contributed by atoms with E-state index in [4.69, 9.17) is 9.84 Å². The van der Waals surface area contributed by atoms with Crippen LogP contribution in [0.2, 0.25) is 0 Å². The van der Waals surface area contributed by atoms with Crippen molar-refractivity contribution in [1.29, 1.82) is 0 Å². The molecule has 5 rings (SSSR count). The minimum Gasteiger partial charge on any atom is -0.440 e. The number of carbonyl (C=O) groups is 4. The van der Waals surface area contributed by atoms with E-state index in [-0.39, 0.29) is 43.2 Å². The molecule has 13 heteroatoms. The Bertz CT molecular complexity index is 1710. The summed E-state index contributed by atoms with van der Waals surface area (Å²) in [4.78, 5) is 52.6. The summed E-state index contributed by atoms with van der Waals surface area (Å²) in [5.41, 5.74) is 2.88. The predicted octanol–water partition coefficient (Wildman–Crippen LogP) is 5.43. The quantitative estimate of drug-likeness (QED) is 0.292. The van der Waals surface area contributed by atoms with E-state index in [1.807, 2.05) is 39.0 Å². The molecule has 0 spiro atoms. The average Bonchev–Trinajstić information content (AvgIpc) is 3.68. The van der Waals surface area contributed by atoms with Crippen LogP contribution < -0.4 is 10.6 Å². The van der Waals surface area contributed by atoms with Crippen LogP contribution in [-0.4, -0.2) is 61.2 Å². The van der Waals surface area contributed by atoms with Crippen LogP contribution in [0.15, 0.2) is 47.6 Å². The minimum atomic E-state index is -0.658. The molecule has 1 saturated carbocycles. The smallest absolute Gasteiger partial charge is 0.342 e. The highest BCUT2D eigenvalue weighted by atomic mass is 16.5. The Balaban J connectivity index is 1.29. The molecule has 13 nitrogen and oxygen atoms in total. The SMILES string of the molecule is CC(C)(C)C(=O)Cc1ccc2c(c1)NC(=O)N(CC(=O)Nc1cccc(-c3nnn(COC(=O)C(C)(C)C)n3)c1)N=C2C1CCCC1. The number of carbonyl (C=O) groups excluding carboxylic acids is 4. The monoisotopic (exact) mass is 642 g/mol. The van der Waals surface area contributed by atoms with Crippen molar-refractivity contribution < 1.29 is 23.9 Å². The molecule has 248 valence electrons. The van der Waals surface area contributed by atoms with Gasteiger partial charge in [0.15, 0.2) is 0 Å². The number of amides is 3. The molecule has 0 saturated heterocycles. The van der Waals surface area contributed by atoms with E-state index >= 15 is 0 Å². The fourth-order valence-corrected chi connectivity index (χ4v) is 5.31. The van der Waals surface area contributed by atoms with Gasteiger partial charge in [-0.3, -0.25) is 14.4 Å². The van der Waals surface area contributed by atoms with E-state index in [1.54, 1.807) is 45.0 Å². The summed E-state index contributed by atoms with van der Waals surface area (Å²) in [5.74, 6) is -0.290. The number of benzene rings is 2. The molecule has 2 N–H and O–H groups in total. The van der Waals surface area contributed by atoms with Gasteiger partial charge in [0, 0.05) is 34.6 Å². The summed E-state index contributed by atoms with van der Waals surface area (Å²) in [6, 6.07) is 12.0. The number of ether oxygens (including phenoxy) is 1. The number of anilines is 2. The fourth-order valence-electron chi connectivity index (χ4n) is 5.31. The Kier molecular flexibility index (Phi) is 9.55. The van der Waals surface area contributed by atoms with E-state index in [0.29, 0.717) is 16.9 Å². The molecule has 2 heterocycles. The van der Waals surface area contributed by atoms with E-state index in [0.717, 1.165) is 42.5 Å². The van der Waals surface area contributed by atoms with Crippen LogP contribution in [0.4, 0.5) is 16.2 Å². The van der Waals surface area contributed by atoms with Crippen molar-refractivity contribution in [2.45, 2.75) is 80.4 Å². The zero-order chi connectivity index (χ0) is 33.9. The lowest BCUT2D eigenvalue weighted by atomic mass is 9.86. The van der Waals surface area contributed by atoms with Crippen LogP contribution in [-0.2, 0) is 32.3 Å². The number of hydrogen-bond acceptors (Lipinski definition) is 9. The summed E-state index contributed by atoms with van der Waals surface area (Å²) < 4.78 is 5.24. The van der Waals surface area contributed by atoms with Crippen molar-refractivity contribution in [2.75, 3.05) is 17.2 Å². The van der Waals surface area contributed by atoms with Gasteiger partial charge in [0.2, 0.25) is 18.5 Å². The molecule has 3 amide bonds. The maximum Gasteiger partial charge on any atom is 0.342 e. The number of hydrazone groups is 1. The van der Waals surface area contributed by atoms with E-state index in [2.05, 4.69) is 26.0 Å². The highest BCUT2D eigenvalue weighted by Gasteiger charge is 2.31. The number of nitrogens with zero attached hydrogens (tertiary/aromatic N) is 6. The van der Waals surface area contributed by atoms with Gasteiger partial charge in [0.1, 0.15) is 12.3 Å². The third-order valence-corrected chi connectivity index (χ3v) is 8.08. The summed E-state index contributed by atoms with van der Waals surface area (Å²) >= 11 is 0. The summed E-state index contributed by atoms with van der Waals surface area (Å²) in [6.45, 7) is 10.4. The van der Waals surface area contributed by atoms with Gasteiger partial charge in [-0.25, -0.2) is 9.80 Å². The number of hydrogen-bond donors (Lipinski definition) is 2. The van der Waals surface area contributed by atoms with Gasteiger partial charge >= 0.3 is 12.0 Å². The molecule has 2 aromatic carbocycles. The van der Waals surface area contributed by atoms with Crippen LogP contribution in [0, 0.1) is 16.7 Å². The molecule has 1 aliphatic carbocycles. The first-order chi connectivity index (χ1) is 22.2. The van der Waals surface area contributed by atoms with Crippen LogP contribution in [0.25, 0.3) is 11.4 Å². The molecular weight excluding hydrogens is 600 g/mol. The fraction of sp³-hybridized carbons (Fsp3) is 0.471. The van der Waals surface area contributed by atoms with Crippen molar-refractivity contribution in [2.24, 2.45) is 21.8 Å². The topological polar surface area (TPSA) is 161 Å². The lowest BCUT2D eigenvalue weighted by molar-refractivity contribution is -0.158. The lowest BCUT2D eigenvalue weighted by Gasteiger charge is -2.18. The number of aromatic nitrogens is 4. The average molecular weight is 643 g/mol. The third-order valence-electron chi connectivity index (χ3n) is 8.08. The third kappa shape index (κ3) is 8.27. The molecule has 1 aromatic heterocycles. The Morgan fingerprint density at radius 3 is 2.45 bits per heavy atom. The summed E-state index contributed by atoms with van der Waals surface area (Å²) in [6.07, 6.45) is 4.28. The van der Waals surface area contributed by atoms with Gasteiger partial charge in [0.05, 0.1) is 16.8 Å². The van der Waals surface area contributed by atoms with Gasteiger partial charge in [-0.15, -0.1) is 15.0 Å². The van der Waals surface area contributed by atoms with Crippen molar-refractivity contribution in [1.82, 2.24) is 25.2 Å². The normalized spacial score (nSPS) is 15.4. The zero-order valence-corrected chi connectivity index (χ0v) is 27.8. The molecule has 1 fully saturated rings. The number of urea groups is 1. The molecule has 0 bridgehead atoms. The number of fused-ring (bicyclic) bond motifs is 1. The van der Waals surface area contributed by atoms with Crippen molar-refractivity contribution >= 4 is 40.8 Å². The number of Topliss-reactive ketones (excluding diaryl/α,β-unsaturated/α-hetero) is 1. The lowest BCUT2D eigenvalue weighted by Crippen LogP contribution is -2.37. The molecule has 1 aliphatic heterocycles. The van der Waals surface area contributed by atoms with Crippen LogP contribution in [0.3, 0.4) is 0 Å². The van der Waals surface area contributed by atoms with E-state index in [9.17, 15) is 19.2 Å². The number of ketones is 1. The van der Waals surface area contributed by atoms with Crippen molar-refractivity contribution in [3.05, 3.63) is 53.6 Å². The highest BCUT2D eigenvalue weighted by Crippen LogP contribution is 2.34. The maximum absolute atomic E-state index is 13.4. The van der Waals surface area contributed by atoms with Crippen LogP contribution in [0.1, 0.15) is 78.4 Å². The van der Waals surface area contributed by atoms with E-state index in [1.165, 1.54) is 9.81 Å². The van der Waals surface area contributed by atoms with E-state index < -0.39 is 22.8 Å². The minimum absolute atomic E-state index is 0.103. The van der Waals surface area contributed by atoms with Gasteiger partial charge in [-0.1, -0.05) is 57.9 Å². The largest absolute Gasteiger partial charge is 0.440 e. The standard InChI is InChI=1S/C34H42N8O5/c1-33(2,3)27(43)17-21-14-15-25-26(16-21)36-32(46)41(38-29(25)22-10-7-8-11-22)19-28(44)35-24-13-9-12-23(18-24)30-37-40-42(39-30)20-47-31(45)34(4,5)6/h9,12-16,18,22H,7-8,10-11,17,19-20H2,1-6H3,(H,35,44)(H,36,46). The molecule has 0 radical (unpaired) electrons. The first kappa shape index (κ1) is 33.4.